The third-order valence-corrected chi connectivity index (χ3v) is 4.05. The van der Waals surface area contributed by atoms with Gasteiger partial charge in [-0.2, -0.15) is 0 Å². The first-order valence-electron chi connectivity index (χ1n) is 7.10. The number of aromatic amines is 1. The van der Waals surface area contributed by atoms with Crippen LogP contribution in [-0.4, -0.2) is 28.2 Å². The first kappa shape index (κ1) is 17.4. The lowest BCUT2D eigenvalue weighted by Crippen LogP contribution is -2.27. The smallest absolute Gasteiger partial charge is 0.272 e. The standard InChI is InChI=1S/C16H17Cl2N3O2/c1-3-21(10(2)22)9-11-5-4-6-12(7-11)19-16(23)14-8-13(17)15(18)20-14/h4-8,20H,3,9H2,1-2H3,(H,19,23). The number of aromatic nitrogens is 1. The molecule has 2 N–H and O–H groups in total. The van der Waals surface area contributed by atoms with Crippen LogP contribution in [0.5, 0.6) is 0 Å². The zero-order valence-electron chi connectivity index (χ0n) is 12.8. The van der Waals surface area contributed by atoms with E-state index < -0.39 is 0 Å². The predicted octanol–water partition coefficient (Wildman–Crippen LogP) is 3.94. The molecule has 0 radical (unpaired) electrons. The summed E-state index contributed by atoms with van der Waals surface area (Å²) in [5.74, 6) is -0.326. The maximum Gasteiger partial charge on any atom is 0.272 e. The van der Waals surface area contributed by atoms with Gasteiger partial charge in [0.15, 0.2) is 0 Å². The molecule has 0 saturated carbocycles. The number of hydrogen-bond acceptors (Lipinski definition) is 2. The summed E-state index contributed by atoms with van der Waals surface area (Å²) in [6.07, 6.45) is 0. The monoisotopic (exact) mass is 353 g/mol. The Labute approximate surface area is 144 Å². The Morgan fingerprint density at radius 3 is 2.57 bits per heavy atom. The molecule has 2 aromatic rings. The number of amides is 2. The van der Waals surface area contributed by atoms with E-state index in [2.05, 4.69) is 10.3 Å². The highest BCUT2D eigenvalue weighted by molar-refractivity contribution is 6.41. The quantitative estimate of drug-likeness (QED) is 0.854. The summed E-state index contributed by atoms with van der Waals surface area (Å²) in [5.41, 5.74) is 1.85. The van der Waals surface area contributed by atoms with E-state index in [-0.39, 0.29) is 22.7 Å². The Hall–Kier alpha value is -1.98. The average Bonchev–Trinajstić information content (AvgIpc) is 2.84. The summed E-state index contributed by atoms with van der Waals surface area (Å²) < 4.78 is 0. The van der Waals surface area contributed by atoms with Crippen molar-refractivity contribution in [2.75, 3.05) is 11.9 Å². The fourth-order valence-corrected chi connectivity index (χ4v) is 2.45. The first-order valence-corrected chi connectivity index (χ1v) is 7.86. The van der Waals surface area contributed by atoms with E-state index in [4.69, 9.17) is 23.2 Å². The van der Waals surface area contributed by atoms with Gasteiger partial charge >= 0.3 is 0 Å². The second-order valence-corrected chi connectivity index (χ2v) is 5.82. The molecule has 0 atom stereocenters. The lowest BCUT2D eigenvalue weighted by Gasteiger charge is -2.19. The maximum atomic E-state index is 12.2. The second kappa shape index (κ2) is 7.53. The topological polar surface area (TPSA) is 65.2 Å². The van der Waals surface area contributed by atoms with Crippen molar-refractivity contribution < 1.29 is 9.59 Å². The zero-order chi connectivity index (χ0) is 17.0. The van der Waals surface area contributed by atoms with Crippen LogP contribution in [0.25, 0.3) is 0 Å². The number of nitrogens with one attached hydrogen (secondary N) is 2. The lowest BCUT2D eigenvalue weighted by atomic mass is 10.2. The van der Waals surface area contributed by atoms with Crippen LogP contribution in [0.4, 0.5) is 5.69 Å². The number of H-pyrrole nitrogens is 1. The average molecular weight is 354 g/mol. The van der Waals surface area contributed by atoms with Crippen LogP contribution in [-0.2, 0) is 11.3 Å². The van der Waals surface area contributed by atoms with Gasteiger partial charge in [-0.25, -0.2) is 0 Å². The Balaban J connectivity index is 2.10. The highest BCUT2D eigenvalue weighted by Crippen LogP contribution is 2.22. The number of halogens is 2. The second-order valence-electron chi connectivity index (χ2n) is 5.03. The van der Waals surface area contributed by atoms with Crippen molar-refractivity contribution in [1.82, 2.24) is 9.88 Å². The van der Waals surface area contributed by atoms with Crippen LogP contribution in [0.3, 0.4) is 0 Å². The molecule has 0 fully saturated rings. The van der Waals surface area contributed by atoms with Crippen molar-refractivity contribution in [2.45, 2.75) is 20.4 Å². The molecule has 0 aliphatic heterocycles. The third-order valence-electron chi connectivity index (χ3n) is 3.36. The Morgan fingerprint density at radius 2 is 2.00 bits per heavy atom. The molecule has 5 nitrogen and oxygen atoms in total. The van der Waals surface area contributed by atoms with Crippen molar-refractivity contribution >= 4 is 40.7 Å². The van der Waals surface area contributed by atoms with E-state index in [1.54, 1.807) is 11.0 Å². The summed E-state index contributed by atoms with van der Waals surface area (Å²) in [6, 6.07) is 8.81. The predicted molar refractivity (Wildman–Crippen MR) is 92.0 cm³/mol. The SMILES string of the molecule is CCN(Cc1cccc(NC(=O)c2cc(Cl)c(Cl)[nH]2)c1)C(C)=O. The van der Waals surface area contributed by atoms with Gasteiger partial charge in [-0.3, -0.25) is 9.59 Å². The molecule has 2 rings (SSSR count). The molecule has 0 aliphatic carbocycles. The molecule has 7 heteroatoms. The Bertz CT molecular complexity index is 708. The van der Waals surface area contributed by atoms with Crippen molar-refractivity contribution in [3.8, 4) is 0 Å². The van der Waals surface area contributed by atoms with Crippen LogP contribution in [0.2, 0.25) is 10.2 Å². The minimum atomic E-state index is -0.338. The third kappa shape index (κ3) is 4.50. The lowest BCUT2D eigenvalue weighted by molar-refractivity contribution is -0.129. The van der Waals surface area contributed by atoms with Gasteiger partial charge in [-0.1, -0.05) is 35.3 Å². The molecule has 0 aliphatic rings. The first-order chi connectivity index (χ1) is 10.9. The molecule has 0 unspecified atom stereocenters. The van der Waals surface area contributed by atoms with Crippen molar-refractivity contribution in [1.29, 1.82) is 0 Å². The molecular weight excluding hydrogens is 337 g/mol. The molecule has 23 heavy (non-hydrogen) atoms. The van der Waals surface area contributed by atoms with Gasteiger partial charge in [-0.15, -0.1) is 0 Å². The summed E-state index contributed by atoms with van der Waals surface area (Å²) >= 11 is 11.6. The number of hydrogen-bond donors (Lipinski definition) is 2. The minimum absolute atomic E-state index is 0.0117. The molecule has 1 aromatic heterocycles. The molecule has 122 valence electrons. The number of benzene rings is 1. The molecule has 2 amide bonds. The van der Waals surface area contributed by atoms with Gasteiger partial charge in [0.2, 0.25) is 5.91 Å². The van der Waals surface area contributed by atoms with Gasteiger partial charge in [0.25, 0.3) is 5.91 Å². The van der Waals surface area contributed by atoms with Crippen LogP contribution < -0.4 is 5.32 Å². The van der Waals surface area contributed by atoms with Crippen LogP contribution >= 0.6 is 23.2 Å². The fourth-order valence-electron chi connectivity index (χ4n) is 2.14. The number of carbonyl (C=O) groups excluding carboxylic acids is 2. The van der Waals surface area contributed by atoms with Crippen molar-refractivity contribution in [2.24, 2.45) is 0 Å². The van der Waals surface area contributed by atoms with E-state index in [1.807, 2.05) is 25.1 Å². The van der Waals surface area contributed by atoms with E-state index in [0.29, 0.717) is 23.8 Å². The molecule has 0 saturated heterocycles. The normalized spacial score (nSPS) is 10.4. The Kier molecular flexibility index (Phi) is 5.69. The number of nitrogens with zero attached hydrogens (tertiary/aromatic N) is 1. The van der Waals surface area contributed by atoms with E-state index in [9.17, 15) is 9.59 Å². The molecule has 1 aromatic carbocycles. The van der Waals surface area contributed by atoms with E-state index in [1.165, 1.54) is 13.0 Å². The fraction of sp³-hybridized carbons (Fsp3) is 0.250. The molecule has 1 heterocycles. The van der Waals surface area contributed by atoms with Gasteiger partial charge in [0.05, 0.1) is 5.02 Å². The largest absolute Gasteiger partial charge is 0.340 e. The van der Waals surface area contributed by atoms with Crippen LogP contribution in [0, 0.1) is 0 Å². The zero-order valence-corrected chi connectivity index (χ0v) is 14.3. The maximum absolute atomic E-state index is 12.2. The van der Waals surface area contributed by atoms with Gasteiger partial charge in [0.1, 0.15) is 10.8 Å². The highest BCUT2D eigenvalue weighted by Gasteiger charge is 2.12. The van der Waals surface area contributed by atoms with Gasteiger partial charge in [-0.05, 0) is 30.7 Å². The molecule has 0 spiro atoms. The van der Waals surface area contributed by atoms with Crippen LogP contribution in [0.1, 0.15) is 29.9 Å². The van der Waals surface area contributed by atoms with Crippen LogP contribution in [0.15, 0.2) is 30.3 Å². The summed E-state index contributed by atoms with van der Waals surface area (Å²) in [5, 5.41) is 3.29. The molecule has 0 bridgehead atoms. The summed E-state index contributed by atoms with van der Waals surface area (Å²) in [4.78, 5) is 28.1. The number of carbonyl (C=O) groups is 2. The number of anilines is 1. The van der Waals surface area contributed by atoms with Crippen molar-refractivity contribution in [3.63, 3.8) is 0 Å². The number of rotatable bonds is 5. The van der Waals surface area contributed by atoms with E-state index in [0.717, 1.165) is 5.56 Å². The van der Waals surface area contributed by atoms with E-state index >= 15 is 0 Å². The van der Waals surface area contributed by atoms with Gasteiger partial charge < -0.3 is 15.2 Å². The molecular formula is C16H17Cl2N3O2. The summed E-state index contributed by atoms with van der Waals surface area (Å²) in [6.45, 7) is 4.58. The van der Waals surface area contributed by atoms with Crippen molar-refractivity contribution in [3.05, 3.63) is 51.8 Å². The van der Waals surface area contributed by atoms with Gasteiger partial charge in [0, 0.05) is 25.7 Å². The summed E-state index contributed by atoms with van der Waals surface area (Å²) in [7, 11) is 0. The highest BCUT2D eigenvalue weighted by atomic mass is 35.5. The minimum Gasteiger partial charge on any atom is -0.340 e. The Morgan fingerprint density at radius 1 is 1.26 bits per heavy atom.